The maximum atomic E-state index is 12.3. The Morgan fingerprint density at radius 1 is 0.538 bits per heavy atom. The molecule has 1 amide bonds. The summed E-state index contributed by atoms with van der Waals surface area (Å²) in [7, 11) is 0. The van der Waals surface area contributed by atoms with Crippen LogP contribution in [0.15, 0.2) is 0 Å². The van der Waals surface area contributed by atoms with Crippen LogP contribution in [0.4, 0.5) is 0 Å². The van der Waals surface area contributed by atoms with E-state index in [4.69, 9.17) is 0 Å². The van der Waals surface area contributed by atoms with Gasteiger partial charge in [0.25, 0.3) is 0 Å². The smallest absolute Gasteiger partial charge is 0.220 e. The zero-order chi connectivity index (χ0) is 28.8. The minimum absolute atomic E-state index is 0.145. The topological polar surface area (TPSA) is 89.8 Å². The maximum absolute atomic E-state index is 12.3. The summed E-state index contributed by atoms with van der Waals surface area (Å²) in [4.78, 5) is 12.3. The fourth-order valence-corrected chi connectivity index (χ4v) is 5.45. The summed E-state index contributed by atoms with van der Waals surface area (Å²) in [5, 5.41) is 33.1. The fraction of sp³-hybridized carbons (Fsp3) is 0.971. The van der Waals surface area contributed by atoms with Gasteiger partial charge in [0.2, 0.25) is 5.91 Å². The standard InChI is InChI=1S/C34H69NO4/c1-3-5-7-9-11-13-14-15-16-17-18-19-20-21-23-25-27-29-33(38)35-31(30-36)34(39)32(37)28-26-24-22-12-10-8-6-4-2/h31-32,34,36-37,39H,3-30H2,1-2H3,(H,35,38). The molecule has 4 N–H and O–H groups in total. The van der Waals surface area contributed by atoms with E-state index in [2.05, 4.69) is 19.2 Å². The average Bonchev–Trinajstić information content (AvgIpc) is 2.94. The van der Waals surface area contributed by atoms with Gasteiger partial charge in [-0.3, -0.25) is 4.79 Å². The molecule has 0 spiro atoms. The molecule has 5 heteroatoms. The molecule has 5 nitrogen and oxygen atoms in total. The van der Waals surface area contributed by atoms with Crippen molar-refractivity contribution < 1.29 is 20.1 Å². The van der Waals surface area contributed by atoms with Crippen molar-refractivity contribution in [3.05, 3.63) is 0 Å². The van der Waals surface area contributed by atoms with Crippen LogP contribution < -0.4 is 5.32 Å². The number of aliphatic hydroxyl groups is 3. The Balaban J connectivity index is 3.62. The lowest BCUT2D eigenvalue weighted by atomic mass is 9.99. The van der Waals surface area contributed by atoms with Crippen molar-refractivity contribution in [1.29, 1.82) is 0 Å². The number of hydrogen-bond acceptors (Lipinski definition) is 4. The number of rotatable bonds is 31. The van der Waals surface area contributed by atoms with Gasteiger partial charge in [-0.25, -0.2) is 0 Å². The van der Waals surface area contributed by atoms with E-state index in [0.717, 1.165) is 38.5 Å². The van der Waals surface area contributed by atoms with Gasteiger partial charge in [-0.2, -0.15) is 0 Å². The van der Waals surface area contributed by atoms with Crippen LogP contribution in [0.2, 0.25) is 0 Å². The van der Waals surface area contributed by atoms with Crippen molar-refractivity contribution in [3.63, 3.8) is 0 Å². The quantitative estimate of drug-likeness (QED) is 0.0644. The van der Waals surface area contributed by atoms with Crippen LogP contribution in [0.25, 0.3) is 0 Å². The largest absolute Gasteiger partial charge is 0.394 e. The second kappa shape index (κ2) is 30.3. The van der Waals surface area contributed by atoms with Crippen LogP contribution in [0, 0.1) is 0 Å². The highest BCUT2D eigenvalue weighted by molar-refractivity contribution is 5.76. The van der Waals surface area contributed by atoms with Crippen molar-refractivity contribution in [2.45, 2.75) is 205 Å². The van der Waals surface area contributed by atoms with Crippen LogP contribution in [0.3, 0.4) is 0 Å². The monoisotopic (exact) mass is 556 g/mol. The number of aliphatic hydroxyl groups excluding tert-OH is 3. The molecule has 234 valence electrons. The molecule has 0 rings (SSSR count). The van der Waals surface area contributed by atoms with E-state index in [0.29, 0.717) is 12.8 Å². The highest BCUT2D eigenvalue weighted by Gasteiger charge is 2.26. The van der Waals surface area contributed by atoms with E-state index < -0.39 is 18.2 Å². The molecule has 0 aromatic rings. The Bertz CT molecular complexity index is 502. The molecule has 0 aliphatic rings. The average molecular weight is 556 g/mol. The Morgan fingerprint density at radius 2 is 0.872 bits per heavy atom. The lowest BCUT2D eigenvalue weighted by Gasteiger charge is -2.26. The molecule has 0 aromatic carbocycles. The van der Waals surface area contributed by atoms with E-state index in [1.54, 1.807) is 0 Å². The summed E-state index contributed by atoms with van der Waals surface area (Å²) in [6.07, 6.45) is 30.6. The highest BCUT2D eigenvalue weighted by Crippen LogP contribution is 2.15. The molecular formula is C34H69NO4. The summed E-state index contributed by atoms with van der Waals surface area (Å²) in [5.74, 6) is -0.145. The molecule has 0 saturated carbocycles. The summed E-state index contributed by atoms with van der Waals surface area (Å²) in [5.41, 5.74) is 0. The van der Waals surface area contributed by atoms with Crippen LogP contribution in [-0.2, 0) is 4.79 Å². The third-order valence-corrected chi connectivity index (χ3v) is 8.21. The molecule has 0 radical (unpaired) electrons. The molecule has 0 fully saturated rings. The molecule has 3 unspecified atom stereocenters. The summed E-state index contributed by atoms with van der Waals surface area (Å²) < 4.78 is 0. The van der Waals surface area contributed by atoms with Gasteiger partial charge in [-0.15, -0.1) is 0 Å². The third-order valence-electron chi connectivity index (χ3n) is 8.21. The Morgan fingerprint density at radius 3 is 1.23 bits per heavy atom. The van der Waals surface area contributed by atoms with E-state index in [1.165, 1.54) is 122 Å². The van der Waals surface area contributed by atoms with Gasteiger partial charge in [-0.1, -0.05) is 168 Å². The molecule has 0 aromatic heterocycles. The lowest BCUT2D eigenvalue weighted by Crippen LogP contribution is -2.50. The first-order valence-corrected chi connectivity index (χ1v) is 17.3. The molecular weight excluding hydrogens is 486 g/mol. The van der Waals surface area contributed by atoms with E-state index in [1.807, 2.05) is 0 Å². The molecule has 0 saturated heterocycles. The second-order valence-corrected chi connectivity index (χ2v) is 12.1. The first-order valence-electron chi connectivity index (χ1n) is 17.3. The summed E-state index contributed by atoms with van der Waals surface area (Å²) in [6.45, 7) is 4.13. The predicted octanol–water partition coefficient (Wildman–Crippen LogP) is 8.76. The van der Waals surface area contributed by atoms with Gasteiger partial charge in [0.1, 0.15) is 6.10 Å². The normalized spacial score (nSPS) is 13.9. The maximum Gasteiger partial charge on any atom is 0.220 e. The Kier molecular flexibility index (Phi) is 29.8. The zero-order valence-corrected chi connectivity index (χ0v) is 26.3. The Labute approximate surface area is 243 Å². The number of carbonyl (C=O) groups is 1. The number of carbonyl (C=O) groups excluding carboxylic acids is 1. The van der Waals surface area contributed by atoms with Crippen LogP contribution in [-0.4, -0.2) is 46.1 Å². The minimum Gasteiger partial charge on any atom is -0.394 e. The molecule has 0 heterocycles. The van der Waals surface area contributed by atoms with Crippen LogP contribution in [0.5, 0.6) is 0 Å². The predicted molar refractivity (Wildman–Crippen MR) is 167 cm³/mol. The summed E-state index contributed by atoms with van der Waals surface area (Å²) in [6, 6.07) is -0.799. The summed E-state index contributed by atoms with van der Waals surface area (Å²) >= 11 is 0. The van der Waals surface area contributed by atoms with E-state index >= 15 is 0 Å². The van der Waals surface area contributed by atoms with Crippen LogP contribution >= 0.6 is 0 Å². The van der Waals surface area contributed by atoms with Crippen molar-refractivity contribution in [3.8, 4) is 0 Å². The van der Waals surface area contributed by atoms with Gasteiger partial charge in [0, 0.05) is 6.42 Å². The van der Waals surface area contributed by atoms with E-state index in [9.17, 15) is 20.1 Å². The van der Waals surface area contributed by atoms with Crippen molar-refractivity contribution >= 4 is 5.91 Å². The Hall–Kier alpha value is -0.650. The van der Waals surface area contributed by atoms with Gasteiger partial charge >= 0.3 is 0 Å². The van der Waals surface area contributed by atoms with Crippen molar-refractivity contribution in [2.24, 2.45) is 0 Å². The van der Waals surface area contributed by atoms with Gasteiger partial charge < -0.3 is 20.6 Å². The van der Waals surface area contributed by atoms with E-state index in [-0.39, 0.29) is 12.5 Å². The SMILES string of the molecule is CCCCCCCCCCCCCCCCCCCC(=O)NC(CO)C(O)C(O)CCCCCCCCCC. The molecule has 0 aliphatic heterocycles. The first kappa shape index (κ1) is 38.4. The van der Waals surface area contributed by atoms with Crippen molar-refractivity contribution in [2.75, 3.05) is 6.61 Å². The van der Waals surface area contributed by atoms with Gasteiger partial charge in [0.05, 0.1) is 18.8 Å². The van der Waals surface area contributed by atoms with Gasteiger partial charge in [-0.05, 0) is 12.8 Å². The number of amides is 1. The van der Waals surface area contributed by atoms with Crippen LogP contribution in [0.1, 0.15) is 187 Å². The van der Waals surface area contributed by atoms with Crippen molar-refractivity contribution in [1.82, 2.24) is 5.32 Å². The lowest BCUT2D eigenvalue weighted by molar-refractivity contribution is -0.124. The number of unbranched alkanes of at least 4 members (excludes halogenated alkanes) is 23. The first-order chi connectivity index (χ1) is 19.1. The molecule has 0 bridgehead atoms. The minimum atomic E-state index is -1.13. The second-order valence-electron chi connectivity index (χ2n) is 12.1. The fourth-order valence-electron chi connectivity index (χ4n) is 5.45. The molecule has 0 aliphatic carbocycles. The zero-order valence-electron chi connectivity index (χ0n) is 26.3. The highest BCUT2D eigenvalue weighted by atomic mass is 16.3. The number of hydrogen-bond donors (Lipinski definition) is 4. The number of nitrogens with one attached hydrogen (secondary N) is 1. The van der Waals surface area contributed by atoms with Gasteiger partial charge in [0.15, 0.2) is 0 Å². The third kappa shape index (κ3) is 26.0. The molecule has 3 atom stereocenters. The molecule has 39 heavy (non-hydrogen) atoms.